The van der Waals surface area contributed by atoms with Gasteiger partial charge in [0.1, 0.15) is 5.82 Å². The van der Waals surface area contributed by atoms with Gasteiger partial charge in [0.15, 0.2) is 0 Å². The van der Waals surface area contributed by atoms with Crippen molar-refractivity contribution in [1.29, 1.82) is 0 Å². The maximum atomic E-state index is 13.3. The minimum absolute atomic E-state index is 0.173. The van der Waals surface area contributed by atoms with E-state index >= 15 is 0 Å². The van der Waals surface area contributed by atoms with Crippen molar-refractivity contribution >= 4 is 17.7 Å². The highest BCUT2D eigenvalue weighted by atomic mass is 35.5. The largest absolute Gasteiger partial charge is 0.207 e. The topological polar surface area (TPSA) is 48.8 Å². The molecule has 1 aromatic rings. The fourth-order valence-corrected chi connectivity index (χ4v) is 1.39. The van der Waals surface area contributed by atoms with Gasteiger partial charge in [-0.25, -0.2) is 4.39 Å². The van der Waals surface area contributed by atoms with Crippen LogP contribution < -0.4 is 0 Å². The molecule has 0 fully saturated rings. The van der Waals surface area contributed by atoms with Crippen LogP contribution in [0.15, 0.2) is 29.4 Å². The summed E-state index contributed by atoms with van der Waals surface area (Å²) in [4.78, 5) is 2.63. The second-order valence-electron chi connectivity index (χ2n) is 3.13. The lowest BCUT2D eigenvalue weighted by Crippen LogP contribution is -1.86. The lowest BCUT2D eigenvalue weighted by molar-refractivity contribution is 0.616. The number of hydrogen-bond acceptors (Lipinski definition) is 1. The Bertz CT molecular complexity index is 425. The Morgan fingerprint density at radius 1 is 1.50 bits per heavy atom. The van der Waals surface area contributed by atoms with Crippen LogP contribution in [-0.2, 0) is 5.88 Å². The van der Waals surface area contributed by atoms with Crippen molar-refractivity contribution in [2.75, 3.05) is 6.54 Å². The molecule has 0 aliphatic heterocycles. The monoisotopic (exact) mass is 239 g/mol. The molecule has 0 aromatic heterocycles. The van der Waals surface area contributed by atoms with Crippen molar-refractivity contribution in [3.63, 3.8) is 0 Å². The van der Waals surface area contributed by atoms with Crippen LogP contribution in [-0.4, -0.2) is 6.54 Å². The van der Waals surface area contributed by atoms with Gasteiger partial charge in [0.25, 0.3) is 0 Å². The number of hydrogen-bond donors (Lipinski definition) is 0. The van der Waals surface area contributed by atoms with Crippen molar-refractivity contribution in [2.24, 2.45) is 5.11 Å². The maximum absolute atomic E-state index is 13.3. The van der Waals surface area contributed by atoms with Crippen molar-refractivity contribution < 1.29 is 4.39 Å². The number of rotatable bonds is 5. The molecule has 0 spiro atoms. The highest BCUT2D eigenvalue weighted by molar-refractivity contribution is 6.17. The summed E-state index contributed by atoms with van der Waals surface area (Å²) in [5.41, 5.74) is 9.31. The molecule has 1 rings (SSSR count). The maximum Gasteiger partial charge on any atom is 0.128 e. The summed E-state index contributed by atoms with van der Waals surface area (Å²) in [5.74, 6) is -0.126. The molecule has 0 N–H and O–H groups in total. The van der Waals surface area contributed by atoms with E-state index in [0.717, 1.165) is 5.56 Å². The molecule has 0 aliphatic carbocycles. The lowest BCUT2D eigenvalue weighted by atomic mass is 10.1. The van der Waals surface area contributed by atoms with E-state index in [-0.39, 0.29) is 11.7 Å². The first-order valence-electron chi connectivity index (χ1n) is 4.79. The van der Waals surface area contributed by atoms with Crippen LogP contribution in [0.2, 0.25) is 0 Å². The van der Waals surface area contributed by atoms with Crippen LogP contribution in [0.3, 0.4) is 0 Å². The van der Waals surface area contributed by atoms with Gasteiger partial charge < -0.3 is 0 Å². The fourth-order valence-electron chi connectivity index (χ4n) is 1.17. The second kappa shape index (κ2) is 6.88. The SMILES string of the molecule is [N-]=[N+]=NCCC=Cc1ccc(CCl)c(F)c1. The van der Waals surface area contributed by atoms with Gasteiger partial charge in [-0.3, -0.25) is 0 Å². The van der Waals surface area contributed by atoms with E-state index in [1.807, 2.05) is 6.08 Å². The Morgan fingerprint density at radius 2 is 2.31 bits per heavy atom. The number of halogens is 2. The van der Waals surface area contributed by atoms with Crippen LogP contribution in [0, 0.1) is 5.82 Å². The molecule has 16 heavy (non-hydrogen) atoms. The molecule has 0 saturated heterocycles. The van der Waals surface area contributed by atoms with Crippen molar-refractivity contribution in [2.45, 2.75) is 12.3 Å². The molecule has 84 valence electrons. The molecule has 5 heteroatoms. The molecule has 0 atom stereocenters. The molecular weight excluding hydrogens is 229 g/mol. The molecule has 0 saturated carbocycles. The van der Waals surface area contributed by atoms with Crippen LogP contribution >= 0.6 is 11.6 Å². The van der Waals surface area contributed by atoms with Gasteiger partial charge in [-0.15, -0.1) is 11.6 Å². The normalized spacial score (nSPS) is 10.4. The number of azide groups is 1. The summed E-state index contributed by atoms with van der Waals surface area (Å²) in [5, 5.41) is 3.39. The van der Waals surface area contributed by atoms with E-state index < -0.39 is 0 Å². The third-order valence-corrected chi connectivity index (χ3v) is 2.28. The Kier molecular flexibility index (Phi) is 5.40. The zero-order chi connectivity index (χ0) is 11.8. The Labute approximate surface area is 98.2 Å². The van der Waals surface area contributed by atoms with Crippen molar-refractivity contribution in [1.82, 2.24) is 0 Å². The molecule has 1 aromatic carbocycles. The quantitative estimate of drug-likeness (QED) is 0.242. The molecule has 3 nitrogen and oxygen atoms in total. The summed E-state index contributed by atoms with van der Waals surface area (Å²) in [6, 6.07) is 4.89. The number of alkyl halides is 1. The zero-order valence-electron chi connectivity index (χ0n) is 8.61. The Hall–Kier alpha value is -1.51. The van der Waals surface area contributed by atoms with Gasteiger partial charge in [0, 0.05) is 17.0 Å². The van der Waals surface area contributed by atoms with Gasteiger partial charge in [0.05, 0.1) is 5.88 Å². The molecule has 0 amide bonds. The van der Waals surface area contributed by atoms with Crippen molar-refractivity contribution in [3.8, 4) is 0 Å². The van der Waals surface area contributed by atoms with E-state index in [1.54, 1.807) is 18.2 Å². The summed E-state index contributed by atoms with van der Waals surface area (Å²) in [7, 11) is 0. The van der Waals surface area contributed by atoms with Crippen LogP contribution in [0.4, 0.5) is 4.39 Å². The molecule has 0 bridgehead atoms. The van der Waals surface area contributed by atoms with Gasteiger partial charge in [-0.2, -0.15) is 0 Å². The average Bonchev–Trinajstić information content (AvgIpc) is 2.29. The van der Waals surface area contributed by atoms with E-state index in [2.05, 4.69) is 10.0 Å². The summed E-state index contributed by atoms with van der Waals surface area (Å²) >= 11 is 5.54. The summed E-state index contributed by atoms with van der Waals surface area (Å²) in [6.07, 6.45) is 4.26. The molecule has 0 aliphatic rings. The minimum atomic E-state index is -0.299. The third-order valence-electron chi connectivity index (χ3n) is 1.99. The van der Waals surface area contributed by atoms with Crippen molar-refractivity contribution in [3.05, 3.63) is 51.7 Å². The third kappa shape index (κ3) is 3.93. The summed E-state index contributed by atoms with van der Waals surface area (Å²) in [6.45, 7) is 0.412. The highest BCUT2D eigenvalue weighted by Crippen LogP contribution is 2.13. The molecular formula is C11H11ClFN3. The number of benzene rings is 1. The van der Waals surface area contributed by atoms with Crippen LogP contribution in [0.25, 0.3) is 16.5 Å². The average molecular weight is 240 g/mol. The van der Waals surface area contributed by atoms with E-state index in [0.29, 0.717) is 18.5 Å². The van der Waals surface area contributed by atoms with Gasteiger partial charge in [0.2, 0.25) is 0 Å². The smallest absolute Gasteiger partial charge is 0.128 e. The van der Waals surface area contributed by atoms with E-state index in [1.165, 1.54) is 6.07 Å². The zero-order valence-corrected chi connectivity index (χ0v) is 9.36. The van der Waals surface area contributed by atoms with Gasteiger partial charge in [-0.1, -0.05) is 29.4 Å². The number of nitrogens with zero attached hydrogens (tertiary/aromatic N) is 3. The highest BCUT2D eigenvalue weighted by Gasteiger charge is 1.99. The van der Waals surface area contributed by atoms with Gasteiger partial charge in [-0.05, 0) is 23.6 Å². The Balaban J connectivity index is 2.60. The van der Waals surface area contributed by atoms with Crippen LogP contribution in [0.1, 0.15) is 17.5 Å². The first-order chi connectivity index (χ1) is 7.77. The lowest BCUT2D eigenvalue weighted by Gasteiger charge is -1.99. The standard InChI is InChI=1S/C11H11ClFN3/c12-8-10-5-4-9(7-11(10)13)3-1-2-6-15-16-14/h1,3-5,7H,2,6,8H2. The fraction of sp³-hybridized carbons (Fsp3) is 0.273. The van der Waals surface area contributed by atoms with Crippen LogP contribution in [0.5, 0.6) is 0 Å². The van der Waals surface area contributed by atoms with Gasteiger partial charge >= 0.3 is 0 Å². The molecule has 0 radical (unpaired) electrons. The molecule has 0 heterocycles. The first kappa shape index (κ1) is 12.6. The van der Waals surface area contributed by atoms with E-state index in [4.69, 9.17) is 17.1 Å². The predicted octanol–water partition coefficient (Wildman–Crippen LogP) is 4.28. The second-order valence-corrected chi connectivity index (χ2v) is 3.40. The first-order valence-corrected chi connectivity index (χ1v) is 5.33. The predicted molar refractivity (Wildman–Crippen MR) is 63.6 cm³/mol. The Morgan fingerprint density at radius 3 is 2.94 bits per heavy atom. The minimum Gasteiger partial charge on any atom is -0.207 e. The summed E-state index contributed by atoms with van der Waals surface area (Å²) < 4.78 is 13.3. The van der Waals surface area contributed by atoms with E-state index in [9.17, 15) is 4.39 Å². The molecule has 0 unspecified atom stereocenters.